The van der Waals surface area contributed by atoms with Crippen molar-refractivity contribution in [2.75, 3.05) is 0 Å². The summed E-state index contributed by atoms with van der Waals surface area (Å²) in [5, 5.41) is 0. The van der Waals surface area contributed by atoms with Crippen molar-refractivity contribution in [3.8, 4) is 0 Å². The number of rotatable bonds is 2. The molecular formula is C6H10N2. The smallest absolute Gasteiger partial charge is 0.0365 e. The van der Waals surface area contributed by atoms with Crippen molar-refractivity contribution in [2.24, 2.45) is 10.7 Å². The molecule has 0 atom stereocenters. The lowest BCUT2D eigenvalue weighted by Gasteiger charge is -1.81. The summed E-state index contributed by atoms with van der Waals surface area (Å²) in [4.78, 5) is 3.63. The van der Waals surface area contributed by atoms with Crippen LogP contribution in [-0.4, -0.2) is 6.72 Å². The fraction of sp³-hybridized carbons (Fsp3) is 0.167. The maximum absolute atomic E-state index is 5.04. The highest BCUT2D eigenvalue weighted by atomic mass is 14.7. The van der Waals surface area contributed by atoms with E-state index in [9.17, 15) is 0 Å². The van der Waals surface area contributed by atoms with Crippen LogP contribution >= 0.6 is 0 Å². The molecule has 0 aromatic heterocycles. The summed E-state index contributed by atoms with van der Waals surface area (Å²) in [7, 11) is 0. The fourth-order valence-corrected chi connectivity index (χ4v) is 0.248. The fourth-order valence-electron chi connectivity index (χ4n) is 0.248. The van der Waals surface area contributed by atoms with Gasteiger partial charge in [-0.05, 0) is 32.0 Å². The van der Waals surface area contributed by atoms with Crippen molar-refractivity contribution in [3.05, 3.63) is 24.0 Å². The van der Waals surface area contributed by atoms with Gasteiger partial charge in [0.05, 0.1) is 0 Å². The third kappa shape index (κ3) is 3.15. The highest BCUT2D eigenvalue weighted by Crippen LogP contribution is 1.90. The topological polar surface area (TPSA) is 38.4 Å². The van der Waals surface area contributed by atoms with Gasteiger partial charge in [0.1, 0.15) is 0 Å². The molecular weight excluding hydrogens is 100 g/mol. The molecule has 2 heteroatoms. The van der Waals surface area contributed by atoms with Crippen LogP contribution in [0.4, 0.5) is 0 Å². The Morgan fingerprint density at radius 1 is 1.75 bits per heavy atom. The molecule has 0 bridgehead atoms. The number of nitrogens with two attached hydrogens (primary N) is 1. The summed E-state index contributed by atoms with van der Waals surface area (Å²) in [6.45, 7) is 5.17. The zero-order chi connectivity index (χ0) is 6.41. The van der Waals surface area contributed by atoms with Gasteiger partial charge in [-0.1, -0.05) is 0 Å². The lowest BCUT2D eigenvalue weighted by atomic mass is 10.4. The van der Waals surface area contributed by atoms with Crippen LogP contribution in [0.25, 0.3) is 0 Å². The Bertz CT molecular complexity index is 122. The molecule has 0 radical (unpaired) electrons. The lowest BCUT2D eigenvalue weighted by Crippen LogP contribution is -1.73. The van der Waals surface area contributed by atoms with E-state index in [2.05, 4.69) is 11.7 Å². The Labute approximate surface area is 49.4 Å². The van der Waals surface area contributed by atoms with Crippen LogP contribution in [0.5, 0.6) is 0 Å². The molecule has 0 aliphatic heterocycles. The van der Waals surface area contributed by atoms with E-state index >= 15 is 0 Å². The monoisotopic (exact) mass is 110 g/mol. The molecule has 2 nitrogen and oxygen atoms in total. The molecule has 0 aromatic rings. The SMILES string of the molecule is C=N/C(C)=C\C=C/N. The Morgan fingerprint density at radius 2 is 2.38 bits per heavy atom. The van der Waals surface area contributed by atoms with Gasteiger partial charge in [0.25, 0.3) is 0 Å². The van der Waals surface area contributed by atoms with Crippen molar-refractivity contribution in [3.63, 3.8) is 0 Å². The summed E-state index contributed by atoms with van der Waals surface area (Å²) in [5.41, 5.74) is 5.91. The minimum atomic E-state index is 0.867. The van der Waals surface area contributed by atoms with Gasteiger partial charge in [-0.25, -0.2) is 0 Å². The second-order valence-corrected chi connectivity index (χ2v) is 1.35. The maximum atomic E-state index is 5.04. The van der Waals surface area contributed by atoms with Gasteiger partial charge in [-0.3, -0.25) is 4.99 Å². The van der Waals surface area contributed by atoms with Crippen molar-refractivity contribution in [1.82, 2.24) is 0 Å². The Hall–Kier alpha value is -1.05. The molecule has 0 fully saturated rings. The molecule has 44 valence electrons. The molecule has 2 N–H and O–H groups in total. The summed E-state index contributed by atoms with van der Waals surface area (Å²) >= 11 is 0. The molecule has 0 saturated heterocycles. The first-order valence-corrected chi connectivity index (χ1v) is 2.33. The molecule has 0 aliphatic rings. The first-order valence-electron chi connectivity index (χ1n) is 2.33. The third-order valence-electron chi connectivity index (χ3n) is 0.698. The minimum absolute atomic E-state index is 0.867. The van der Waals surface area contributed by atoms with Gasteiger partial charge in [0.15, 0.2) is 0 Å². The van der Waals surface area contributed by atoms with Gasteiger partial charge in [-0.15, -0.1) is 0 Å². The molecule has 0 unspecified atom stereocenters. The Balaban J connectivity index is 3.74. The summed E-state index contributed by atoms with van der Waals surface area (Å²) < 4.78 is 0. The molecule has 0 heterocycles. The maximum Gasteiger partial charge on any atom is 0.0365 e. The quantitative estimate of drug-likeness (QED) is 0.419. The van der Waals surface area contributed by atoms with Crippen LogP contribution in [0.2, 0.25) is 0 Å². The van der Waals surface area contributed by atoms with Gasteiger partial charge in [-0.2, -0.15) is 0 Å². The average Bonchev–Trinajstić information content (AvgIpc) is 1.83. The van der Waals surface area contributed by atoms with Crippen molar-refractivity contribution >= 4 is 6.72 Å². The van der Waals surface area contributed by atoms with Crippen LogP contribution < -0.4 is 5.73 Å². The molecule has 0 aromatic carbocycles. The molecule has 0 aliphatic carbocycles. The predicted molar refractivity (Wildman–Crippen MR) is 36.6 cm³/mol. The molecule has 0 rings (SSSR count). The number of hydrogen-bond donors (Lipinski definition) is 1. The predicted octanol–water partition coefficient (Wildman–Crippen LogP) is 1.06. The van der Waals surface area contributed by atoms with E-state index in [1.807, 2.05) is 6.92 Å². The van der Waals surface area contributed by atoms with Gasteiger partial charge in [0.2, 0.25) is 0 Å². The van der Waals surface area contributed by atoms with Crippen LogP contribution in [0.1, 0.15) is 6.92 Å². The van der Waals surface area contributed by atoms with Crippen molar-refractivity contribution in [1.29, 1.82) is 0 Å². The number of allylic oxidation sites excluding steroid dienone is 3. The second kappa shape index (κ2) is 4.12. The number of hydrogen-bond acceptors (Lipinski definition) is 2. The highest BCUT2D eigenvalue weighted by Gasteiger charge is 1.71. The Kier molecular flexibility index (Phi) is 3.58. The second-order valence-electron chi connectivity index (χ2n) is 1.35. The summed E-state index contributed by atoms with van der Waals surface area (Å²) in [6, 6.07) is 0. The van der Waals surface area contributed by atoms with Crippen LogP contribution in [0, 0.1) is 0 Å². The first-order chi connectivity index (χ1) is 3.81. The van der Waals surface area contributed by atoms with Crippen molar-refractivity contribution in [2.45, 2.75) is 6.92 Å². The Morgan fingerprint density at radius 3 is 2.75 bits per heavy atom. The van der Waals surface area contributed by atoms with E-state index in [0.717, 1.165) is 5.70 Å². The van der Waals surface area contributed by atoms with E-state index in [1.165, 1.54) is 6.20 Å². The van der Waals surface area contributed by atoms with Gasteiger partial charge < -0.3 is 5.73 Å². The third-order valence-corrected chi connectivity index (χ3v) is 0.698. The first kappa shape index (κ1) is 6.95. The van der Waals surface area contributed by atoms with Gasteiger partial charge >= 0.3 is 0 Å². The normalized spacial score (nSPS) is 12.4. The zero-order valence-corrected chi connectivity index (χ0v) is 4.96. The lowest BCUT2D eigenvalue weighted by molar-refractivity contribution is 1.32. The molecule has 8 heavy (non-hydrogen) atoms. The van der Waals surface area contributed by atoms with Crippen molar-refractivity contribution < 1.29 is 0 Å². The standard InChI is InChI=1S/C6H10N2/c1-6(8-2)4-3-5-7/h3-5H,2,7H2,1H3/b5-3-,6-4-. The zero-order valence-electron chi connectivity index (χ0n) is 4.96. The molecule has 0 spiro atoms. The van der Waals surface area contributed by atoms with Crippen LogP contribution in [-0.2, 0) is 0 Å². The highest BCUT2D eigenvalue weighted by molar-refractivity contribution is 5.29. The van der Waals surface area contributed by atoms with Gasteiger partial charge in [0, 0.05) is 5.70 Å². The van der Waals surface area contributed by atoms with E-state index < -0.39 is 0 Å². The number of nitrogens with zero attached hydrogens (tertiary/aromatic N) is 1. The molecule has 0 amide bonds. The van der Waals surface area contributed by atoms with Crippen LogP contribution in [0.3, 0.4) is 0 Å². The van der Waals surface area contributed by atoms with E-state index in [-0.39, 0.29) is 0 Å². The largest absolute Gasteiger partial charge is 0.405 e. The molecule has 0 saturated carbocycles. The summed E-state index contributed by atoms with van der Waals surface area (Å²) in [5.74, 6) is 0. The van der Waals surface area contributed by atoms with E-state index in [0.29, 0.717) is 0 Å². The minimum Gasteiger partial charge on any atom is -0.405 e. The summed E-state index contributed by atoms with van der Waals surface area (Å²) in [6.07, 6.45) is 4.95. The number of aliphatic imine (C=N–C) groups is 1. The van der Waals surface area contributed by atoms with E-state index in [4.69, 9.17) is 5.73 Å². The van der Waals surface area contributed by atoms with Crippen LogP contribution in [0.15, 0.2) is 29.0 Å². The average molecular weight is 110 g/mol. The van der Waals surface area contributed by atoms with E-state index in [1.54, 1.807) is 12.2 Å².